The molecule has 25 atom stereocenters. The summed E-state index contributed by atoms with van der Waals surface area (Å²) < 4.78 is 32.4. The Morgan fingerprint density at radius 2 is 1.46 bits per heavy atom. The van der Waals surface area contributed by atoms with Gasteiger partial charge in [-0.3, -0.25) is 0 Å². The number of carbonyl (C=O) groups excluding carboxylic acids is 1. The van der Waals surface area contributed by atoms with E-state index in [1.165, 1.54) is 19.1 Å². The first-order valence-corrected chi connectivity index (χ1v) is 26.6. The lowest BCUT2D eigenvalue weighted by atomic mass is 9.73. The minimum atomic E-state index is -2.33. The van der Waals surface area contributed by atoms with Crippen LogP contribution >= 0.6 is 0 Å². The zero-order valence-electron chi connectivity index (χ0n) is 43.9. The summed E-state index contributed by atoms with van der Waals surface area (Å²) in [7, 11) is 0. The van der Waals surface area contributed by atoms with E-state index in [9.17, 15) is 55.9 Å². The summed E-state index contributed by atoms with van der Waals surface area (Å²) in [4.78, 5) is 13.9. The Labute approximate surface area is 418 Å². The highest BCUT2D eigenvalue weighted by Gasteiger charge is 2.57. The van der Waals surface area contributed by atoms with Crippen LogP contribution in [0.4, 0.5) is 0 Å². The van der Waals surface area contributed by atoms with Crippen molar-refractivity contribution in [3.05, 3.63) is 36.5 Å². The predicted octanol–water partition coefficient (Wildman–Crippen LogP) is 4.60. The van der Waals surface area contributed by atoms with Crippen molar-refractivity contribution >= 4 is 5.97 Å². The summed E-state index contributed by atoms with van der Waals surface area (Å²) >= 11 is 0. The summed E-state index contributed by atoms with van der Waals surface area (Å²) in [6, 6.07) is 0. The molecule has 0 saturated carbocycles. The maximum absolute atomic E-state index is 13.9. The van der Waals surface area contributed by atoms with Crippen LogP contribution in [0.2, 0.25) is 0 Å². The van der Waals surface area contributed by atoms with Crippen LogP contribution < -0.4 is 0 Å². The van der Waals surface area contributed by atoms with Gasteiger partial charge in [-0.1, -0.05) is 99.1 Å². The number of hydrogen-bond donors (Lipinski definition) is 10. The molecular weight excluding hydrogens is 905 g/mol. The van der Waals surface area contributed by atoms with Crippen molar-refractivity contribution in [3.8, 4) is 0 Å². The zero-order chi connectivity index (χ0) is 52.4. The molecule has 16 heteroatoms. The number of ether oxygens (including phenoxy) is 5. The monoisotopic (exact) mass is 999 g/mol. The van der Waals surface area contributed by atoms with Crippen LogP contribution in [0, 0.1) is 47.3 Å². The standard InChI is InChI=1S/C54H94O16/c1-12-26-53(65)51(63)31(5)17-15-14-16-18-38(28-32(6)55)20-22-41-34(8)49(36(10)54(69-41)27-25-30(4)48(70-54)33(7)39(56)13-2)67-42(58)23-19-29(3)44(59)35(9)45(60)50(46(61)47(62)52(53)64)68-43-24-21-40(57)37(11)66-43/h14-16,18-19,23,29-41,43-52,55-57,59-65H,12-13,17,20-22,24-28H2,1-11H3/b15-14+,18-16+,23-19+/t29?,30?,31?,32?,33?,34?,35?,36?,37-,38?,39?,40-,41?,43+,44?,45?,46?,47?,48?,49?,50?,51?,52?,53?,54?/m1/s1. The van der Waals surface area contributed by atoms with Gasteiger partial charge < -0.3 is 74.7 Å². The average Bonchev–Trinajstić information content (AvgIpc) is 3.33. The number of hydrogen-bond acceptors (Lipinski definition) is 16. The molecule has 0 radical (unpaired) electrons. The van der Waals surface area contributed by atoms with E-state index in [2.05, 4.69) is 6.92 Å². The van der Waals surface area contributed by atoms with Gasteiger partial charge in [-0.05, 0) is 83.0 Å². The fourth-order valence-corrected chi connectivity index (χ4v) is 11.5. The molecular formula is C54H94O16. The second-order valence-electron chi connectivity index (χ2n) is 22.1. The first-order chi connectivity index (χ1) is 32.8. The van der Waals surface area contributed by atoms with Gasteiger partial charge in [0.1, 0.15) is 36.1 Å². The summed E-state index contributed by atoms with van der Waals surface area (Å²) in [5, 5.41) is 115. The second-order valence-corrected chi connectivity index (χ2v) is 22.1. The topological polar surface area (TPSA) is 266 Å². The van der Waals surface area contributed by atoms with Gasteiger partial charge in [-0.25, -0.2) is 4.79 Å². The smallest absolute Gasteiger partial charge is 0.330 e. The van der Waals surface area contributed by atoms with Crippen molar-refractivity contribution in [1.29, 1.82) is 0 Å². The first-order valence-electron chi connectivity index (χ1n) is 26.6. The minimum absolute atomic E-state index is 0.0833. The number of fused-ring (bicyclic) bond motifs is 2. The Morgan fingerprint density at radius 1 is 0.771 bits per heavy atom. The predicted molar refractivity (Wildman–Crippen MR) is 263 cm³/mol. The van der Waals surface area contributed by atoms with Crippen LogP contribution in [0.3, 0.4) is 0 Å². The van der Waals surface area contributed by atoms with Crippen molar-refractivity contribution in [2.75, 3.05) is 0 Å². The van der Waals surface area contributed by atoms with Crippen LogP contribution in [-0.4, -0.2) is 160 Å². The third kappa shape index (κ3) is 14.9. The third-order valence-electron chi connectivity index (χ3n) is 16.5. The number of rotatable bonds is 9. The number of carbonyl (C=O) groups is 1. The van der Waals surface area contributed by atoms with E-state index in [4.69, 9.17) is 23.7 Å². The Balaban J connectivity index is 1.77. The fourth-order valence-electron chi connectivity index (χ4n) is 11.5. The lowest BCUT2D eigenvalue weighted by Crippen LogP contribution is -2.63. The molecule has 4 heterocycles. The Hall–Kier alpha value is -1.87. The van der Waals surface area contributed by atoms with Crippen LogP contribution in [0.5, 0.6) is 0 Å². The fraction of sp³-hybridized carbons (Fsp3) is 0.870. The van der Waals surface area contributed by atoms with Crippen molar-refractivity contribution in [3.63, 3.8) is 0 Å². The van der Waals surface area contributed by atoms with Crippen LogP contribution in [0.15, 0.2) is 36.5 Å². The number of aliphatic hydroxyl groups is 10. The molecule has 2 bridgehead atoms. The highest BCUT2D eigenvalue weighted by molar-refractivity contribution is 5.82. The van der Waals surface area contributed by atoms with Crippen molar-refractivity contribution in [2.24, 2.45) is 47.3 Å². The van der Waals surface area contributed by atoms with Gasteiger partial charge in [-0.2, -0.15) is 0 Å². The Kier molecular flexibility index (Phi) is 23.5. The Bertz CT molecular complexity index is 1660. The van der Waals surface area contributed by atoms with Gasteiger partial charge in [0, 0.05) is 48.5 Å². The van der Waals surface area contributed by atoms with Gasteiger partial charge >= 0.3 is 5.97 Å². The van der Waals surface area contributed by atoms with Gasteiger partial charge in [0.25, 0.3) is 0 Å². The van der Waals surface area contributed by atoms with Crippen molar-refractivity contribution in [2.45, 2.75) is 250 Å². The van der Waals surface area contributed by atoms with Crippen LogP contribution in [-0.2, 0) is 28.5 Å². The molecule has 4 rings (SSSR count). The molecule has 22 unspecified atom stereocenters. The van der Waals surface area contributed by atoms with E-state index in [0.717, 1.165) is 6.42 Å². The molecule has 406 valence electrons. The molecule has 70 heavy (non-hydrogen) atoms. The molecule has 0 amide bonds. The molecule has 3 fully saturated rings. The molecule has 0 aromatic rings. The van der Waals surface area contributed by atoms with Crippen molar-refractivity contribution in [1.82, 2.24) is 0 Å². The summed E-state index contributed by atoms with van der Waals surface area (Å²) in [5.41, 5.74) is -2.33. The van der Waals surface area contributed by atoms with Gasteiger partial charge in [-0.15, -0.1) is 0 Å². The van der Waals surface area contributed by atoms with Gasteiger partial charge in [0.15, 0.2) is 12.1 Å². The largest absolute Gasteiger partial charge is 0.458 e. The van der Waals surface area contributed by atoms with Crippen LogP contribution in [0.1, 0.15) is 147 Å². The molecule has 16 nitrogen and oxygen atoms in total. The Morgan fingerprint density at radius 3 is 2.09 bits per heavy atom. The highest BCUT2D eigenvalue weighted by atomic mass is 16.7. The second kappa shape index (κ2) is 27.1. The third-order valence-corrected chi connectivity index (χ3v) is 16.5. The molecule has 4 aliphatic heterocycles. The van der Waals surface area contributed by atoms with E-state index in [1.54, 1.807) is 34.6 Å². The zero-order valence-corrected chi connectivity index (χ0v) is 43.9. The van der Waals surface area contributed by atoms with E-state index in [0.29, 0.717) is 32.1 Å². The normalized spacial score (nSPS) is 47.4. The quantitative estimate of drug-likeness (QED) is 0.142. The molecule has 1 spiro atoms. The lowest BCUT2D eigenvalue weighted by molar-refractivity contribution is -0.376. The van der Waals surface area contributed by atoms with E-state index in [-0.39, 0.29) is 61.9 Å². The van der Waals surface area contributed by atoms with Crippen LogP contribution in [0.25, 0.3) is 0 Å². The highest BCUT2D eigenvalue weighted by Crippen LogP contribution is 2.50. The van der Waals surface area contributed by atoms with E-state index in [1.807, 2.05) is 52.0 Å². The number of esters is 1. The van der Waals surface area contributed by atoms with Gasteiger partial charge in [0.05, 0.1) is 54.9 Å². The average molecular weight is 999 g/mol. The van der Waals surface area contributed by atoms with E-state index >= 15 is 0 Å². The summed E-state index contributed by atoms with van der Waals surface area (Å²) in [6.07, 6.45) is -3.50. The first kappa shape index (κ1) is 60.7. The number of aliphatic hydroxyl groups excluding tert-OH is 9. The summed E-state index contributed by atoms with van der Waals surface area (Å²) in [6.45, 7) is 20.0. The molecule has 0 aromatic carbocycles. The lowest BCUT2D eigenvalue weighted by Gasteiger charge is -2.56. The SMILES string of the molecule is CCCC1(O)C(O)C(C)C/C=C/C=C/C(CC(C)O)CCC2OC3(CCC(C)C(C(C)C(O)CC)O3)C(C)C(OC(=O)/C=C/C(C)C(O)C(C)C(O)C(O[C@H]3CC[C@@H](O)[C@@H](C)O3)C(O)C(O)C1O)C2C. The maximum Gasteiger partial charge on any atom is 0.330 e. The minimum Gasteiger partial charge on any atom is -0.458 e. The molecule has 4 aliphatic rings. The number of allylic oxidation sites excluding steroid dienone is 4. The molecule has 10 N–H and O–H groups in total. The molecule has 3 saturated heterocycles. The summed E-state index contributed by atoms with van der Waals surface area (Å²) in [5.74, 6) is -5.18. The van der Waals surface area contributed by atoms with Crippen molar-refractivity contribution < 1.29 is 79.5 Å². The van der Waals surface area contributed by atoms with E-state index < -0.39 is 127 Å². The molecule has 0 aromatic heterocycles. The molecule has 0 aliphatic carbocycles. The maximum atomic E-state index is 13.9. The van der Waals surface area contributed by atoms with Gasteiger partial charge in [0.2, 0.25) is 0 Å².